The predicted octanol–water partition coefficient (Wildman–Crippen LogP) is 5.80. The van der Waals surface area contributed by atoms with E-state index in [1.807, 2.05) is 23.6 Å². The lowest BCUT2D eigenvalue weighted by molar-refractivity contribution is -0.384. The number of halogens is 1. The van der Waals surface area contributed by atoms with Crippen LogP contribution in [0.5, 0.6) is 5.75 Å². The minimum absolute atomic E-state index is 0.142. The van der Waals surface area contributed by atoms with Gasteiger partial charge in [-0.15, -0.1) is 10.2 Å². The standard InChI is InChI=1S/C34H29ClN6O6S2/c1-5-39-30(21-8-7-9-23(35)16-21)37-38-34(39)48-26-15-12-24(41(44)45)17-22(26)18-27-31(42)40-29(20-10-13-25(46-4)14-11-20)28(32(43)47-6-2)19(3)36-33(40)49-27/h7-18,29H,5-6H2,1-4H3/b27-18+/t29-/m1/s1. The molecule has 0 saturated carbocycles. The van der Waals surface area contributed by atoms with E-state index >= 15 is 0 Å². The lowest BCUT2D eigenvalue weighted by atomic mass is 9.96. The van der Waals surface area contributed by atoms with Gasteiger partial charge in [-0.2, -0.15) is 0 Å². The van der Waals surface area contributed by atoms with E-state index in [4.69, 9.17) is 21.1 Å². The highest BCUT2D eigenvalue weighted by atomic mass is 35.5. The number of rotatable bonds is 10. The Hall–Kier alpha value is -5.05. The highest BCUT2D eigenvalue weighted by Gasteiger charge is 2.33. The second kappa shape index (κ2) is 14.2. The Labute approximate surface area is 293 Å². The van der Waals surface area contributed by atoms with E-state index in [0.29, 0.717) is 54.8 Å². The van der Waals surface area contributed by atoms with Gasteiger partial charge < -0.3 is 14.0 Å². The number of methoxy groups -OCH3 is 1. The number of thiazole rings is 1. The SMILES string of the molecule is CCOC(=O)C1=C(C)N=c2s/c(=C/c3cc([N+](=O)[O-])ccc3Sc3nnc(-c4cccc(Cl)c4)n3CC)c(=O)n2[C@@H]1c1ccc(OC)cc1. The fraction of sp³-hybridized carbons (Fsp3) is 0.206. The van der Waals surface area contributed by atoms with Gasteiger partial charge in [0.15, 0.2) is 15.8 Å². The van der Waals surface area contributed by atoms with Crippen molar-refractivity contribution in [3.8, 4) is 17.1 Å². The monoisotopic (exact) mass is 716 g/mol. The molecule has 0 N–H and O–H groups in total. The van der Waals surface area contributed by atoms with Crippen molar-refractivity contribution in [2.45, 2.75) is 43.4 Å². The fourth-order valence-corrected chi connectivity index (χ4v) is 7.68. The number of carbonyl (C=O) groups excluding carboxylic acids is 1. The van der Waals surface area contributed by atoms with Crippen molar-refractivity contribution in [3.63, 3.8) is 0 Å². The molecule has 49 heavy (non-hydrogen) atoms. The number of aromatic nitrogens is 4. The summed E-state index contributed by atoms with van der Waals surface area (Å²) in [5.41, 5.74) is 1.99. The molecule has 0 saturated heterocycles. The molecule has 0 radical (unpaired) electrons. The van der Waals surface area contributed by atoms with Crippen molar-refractivity contribution in [1.29, 1.82) is 0 Å². The molecular weight excluding hydrogens is 688 g/mol. The van der Waals surface area contributed by atoms with Gasteiger partial charge in [-0.3, -0.25) is 19.5 Å². The molecule has 15 heteroatoms. The maximum absolute atomic E-state index is 14.2. The van der Waals surface area contributed by atoms with Crippen LogP contribution in [0.15, 0.2) is 97.8 Å². The molecule has 1 aliphatic heterocycles. The maximum atomic E-state index is 14.2. The third-order valence-corrected chi connectivity index (χ3v) is 10.1. The first-order valence-electron chi connectivity index (χ1n) is 15.1. The molecule has 0 bridgehead atoms. The van der Waals surface area contributed by atoms with E-state index in [0.717, 1.165) is 16.9 Å². The number of carbonyl (C=O) groups is 1. The smallest absolute Gasteiger partial charge is 0.338 e. The molecule has 0 fully saturated rings. The van der Waals surface area contributed by atoms with E-state index in [9.17, 15) is 19.7 Å². The van der Waals surface area contributed by atoms with E-state index in [2.05, 4.69) is 15.2 Å². The molecule has 1 aliphatic rings. The summed E-state index contributed by atoms with van der Waals surface area (Å²) in [5, 5.41) is 21.8. The van der Waals surface area contributed by atoms with Crippen LogP contribution < -0.4 is 19.6 Å². The van der Waals surface area contributed by atoms with Gasteiger partial charge in [0.05, 0.1) is 40.5 Å². The van der Waals surface area contributed by atoms with Gasteiger partial charge in [-0.25, -0.2) is 9.79 Å². The number of non-ortho nitro benzene ring substituents is 1. The summed E-state index contributed by atoms with van der Waals surface area (Å²) in [5.74, 6) is 0.660. The molecule has 250 valence electrons. The first-order valence-corrected chi connectivity index (χ1v) is 17.1. The Morgan fingerprint density at radius 1 is 1.12 bits per heavy atom. The molecule has 2 aromatic heterocycles. The van der Waals surface area contributed by atoms with Crippen molar-refractivity contribution in [3.05, 3.63) is 124 Å². The second-order valence-electron chi connectivity index (χ2n) is 10.7. The number of hydrogen-bond donors (Lipinski definition) is 0. The summed E-state index contributed by atoms with van der Waals surface area (Å²) in [6, 6.07) is 18.0. The summed E-state index contributed by atoms with van der Waals surface area (Å²) in [6.45, 7) is 6.07. The number of nitrogens with zero attached hydrogens (tertiary/aromatic N) is 6. The zero-order chi connectivity index (χ0) is 34.8. The van der Waals surface area contributed by atoms with Crippen LogP contribution in [0.3, 0.4) is 0 Å². The van der Waals surface area contributed by atoms with Crippen LogP contribution in [0.25, 0.3) is 17.5 Å². The van der Waals surface area contributed by atoms with Gasteiger partial charge in [0.1, 0.15) is 5.75 Å². The third kappa shape index (κ3) is 6.67. The van der Waals surface area contributed by atoms with Crippen LogP contribution >= 0.6 is 34.7 Å². The van der Waals surface area contributed by atoms with Crippen molar-refractivity contribution < 1.29 is 19.2 Å². The normalized spacial score (nSPS) is 14.4. The summed E-state index contributed by atoms with van der Waals surface area (Å²) >= 11 is 8.63. The number of allylic oxidation sites excluding steroid dienone is 1. The van der Waals surface area contributed by atoms with Gasteiger partial charge in [0.25, 0.3) is 11.2 Å². The minimum Gasteiger partial charge on any atom is -0.497 e. The zero-order valence-corrected chi connectivity index (χ0v) is 29.1. The highest BCUT2D eigenvalue weighted by molar-refractivity contribution is 7.99. The average molecular weight is 717 g/mol. The van der Waals surface area contributed by atoms with Crippen LogP contribution in [-0.2, 0) is 16.1 Å². The van der Waals surface area contributed by atoms with Gasteiger partial charge >= 0.3 is 5.97 Å². The zero-order valence-electron chi connectivity index (χ0n) is 26.7. The Balaban J connectivity index is 1.49. The number of hydrogen-bond acceptors (Lipinski definition) is 11. The largest absolute Gasteiger partial charge is 0.497 e. The Kier molecular flexibility index (Phi) is 9.81. The van der Waals surface area contributed by atoms with Crippen LogP contribution in [0.4, 0.5) is 5.69 Å². The van der Waals surface area contributed by atoms with E-state index in [-0.39, 0.29) is 22.4 Å². The lowest BCUT2D eigenvalue weighted by Gasteiger charge is -2.24. The molecule has 0 spiro atoms. The summed E-state index contributed by atoms with van der Waals surface area (Å²) in [7, 11) is 1.55. The molecule has 12 nitrogen and oxygen atoms in total. The first-order chi connectivity index (χ1) is 23.6. The van der Waals surface area contributed by atoms with Gasteiger partial charge in [0.2, 0.25) is 0 Å². The molecule has 0 aliphatic carbocycles. The second-order valence-corrected chi connectivity index (χ2v) is 13.2. The number of fused-ring (bicyclic) bond motifs is 1. The number of ether oxygens (including phenoxy) is 2. The molecule has 3 heterocycles. The minimum atomic E-state index is -0.824. The molecule has 0 amide bonds. The fourth-order valence-electron chi connectivity index (χ4n) is 5.48. The maximum Gasteiger partial charge on any atom is 0.338 e. The Bertz CT molecular complexity index is 2310. The third-order valence-electron chi connectivity index (χ3n) is 7.76. The average Bonchev–Trinajstić information content (AvgIpc) is 3.64. The van der Waals surface area contributed by atoms with Crippen LogP contribution in [0.1, 0.15) is 37.9 Å². The topological polar surface area (TPSA) is 144 Å². The number of benzene rings is 3. The lowest BCUT2D eigenvalue weighted by Crippen LogP contribution is -2.39. The first kappa shape index (κ1) is 33.8. The van der Waals surface area contributed by atoms with Crippen LogP contribution in [0, 0.1) is 10.1 Å². The number of esters is 1. The predicted molar refractivity (Wildman–Crippen MR) is 187 cm³/mol. The van der Waals surface area contributed by atoms with Gasteiger partial charge in [0, 0.05) is 34.2 Å². The van der Waals surface area contributed by atoms with Crippen molar-refractivity contribution in [1.82, 2.24) is 19.3 Å². The van der Waals surface area contributed by atoms with E-state index in [1.54, 1.807) is 69.5 Å². The van der Waals surface area contributed by atoms with Crippen molar-refractivity contribution in [2.24, 2.45) is 4.99 Å². The summed E-state index contributed by atoms with van der Waals surface area (Å²) in [6.07, 6.45) is 1.61. The molecule has 5 aromatic rings. The summed E-state index contributed by atoms with van der Waals surface area (Å²) < 4.78 is 14.4. The van der Waals surface area contributed by atoms with E-state index < -0.39 is 22.5 Å². The summed E-state index contributed by atoms with van der Waals surface area (Å²) in [4.78, 5) is 44.5. The van der Waals surface area contributed by atoms with E-state index in [1.165, 1.54) is 28.5 Å². The van der Waals surface area contributed by atoms with Crippen molar-refractivity contribution >= 4 is 52.4 Å². The number of nitro benzene ring substituents is 1. The molecule has 0 unspecified atom stereocenters. The molecule has 1 atom stereocenters. The Morgan fingerprint density at radius 2 is 1.90 bits per heavy atom. The Morgan fingerprint density at radius 3 is 2.57 bits per heavy atom. The van der Waals surface area contributed by atoms with Crippen LogP contribution in [-0.4, -0.2) is 43.9 Å². The quantitative estimate of drug-likeness (QED) is 0.0996. The number of nitro groups is 1. The van der Waals surface area contributed by atoms with Gasteiger partial charge in [-0.05, 0) is 80.1 Å². The van der Waals surface area contributed by atoms with Crippen LogP contribution in [0.2, 0.25) is 5.02 Å². The highest BCUT2D eigenvalue weighted by Crippen LogP contribution is 2.35. The van der Waals surface area contributed by atoms with Gasteiger partial charge in [-0.1, -0.05) is 47.2 Å². The van der Waals surface area contributed by atoms with Crippen molar-refractivity contribution in [2.75, 3.05) is 13.7 Å². The molecular formula is C34H29ClN6O6S2. The molecule has 6 rings (SSSR count). The molecule has 3 aromatic carbocycles.